The van der Waals surface area contributed by atoms with Gasteiger partial charge in [0.1, 0.15) is 0 Å². The molecule has 4 nitrogen and oxygen atoms in total. The van der Waals surface area contributed by atoms with Crippen molar-refractivity contribution in [3.63, 3.8) is 0 Å². The molecule has 0 aliphatic rings. The third-order valence-electron chi connectivity index (χ3n) is 6.50. The molecule has 0 aromatic heterocycles. The highest BCUT2D eigenvalue weighted by Crippen LogP contribution is 2.36. The number of rotatable bonds is 16. The predicted octanol–water partition coefficient (Wildman–Crippen LogP) is 5.02. The van der Waals surface area contributed by atoms with Crippen molar-refractivity contribution in [1.29, 1.82) is 0 Å². The molecule has 2 atom stereocenters. The lowest BCUT2D eigenvalue weighted by molar-refractivity contribution is 0.0634. The van der Waals surface area contributed by atoms with Gasteiger partial charge in [-0.15, -0.1) is 0 Å². The first kappa shape index (κ1) is 28.7. The maximum absolute atomic E-state index is 10.2. The van der Waals surface area contributed by atoms with Crippen molar-refractivity contribution >= 4 is 18.7 Å². The van der Waals surface area contributed by atoms with Gasteiger partial charge in [-0.05, 0) is 28.3 Å². The molecule has 5 heteroatoms. The van der Waals surface area contributed by atoms with Gasteiger partial charge in [-0.3, -0.25) is 0 Å². The molecule has 2 aromatic rings. The third kappa shape index (κ3) is 8.62. The van der Waals surface area contributed by atoms with Crippen LogP contribution < -0.4 is 16.1 Å². The summed E-state index contributed by atoms with van der Waals surface area (Å²) in [6, 6.07) is 21.0. The van der Waals surface area contributed by atoms with Gasteiger partial charge in [-0.2, -0.15) is 0 Å². The van der Waals surface area contributed by atoms with E-state index in [9.17, 15) is 5.11 Å². The summed E-state index contributed by atoms with van der Waals surface area (Å²) in [6.45, 7) is 10.4. The Morgan fingerprint density at radius 1 is 0.824 bits per heavy atom. The lowest BCUT2D eigenvalue weighted by Gasteiger charge is -2.43. The molecule has 0 saturated carbocycles. The molecule has 0 amide bonds. The van der Waals surface area contributed by atoms with Crippen molar-refractivity contribution in [3.8, 4) is 0 Å². The number of nitrogens with two attached hydrogens (primary N) is 1. The molecule has 34 heavy (non-hydrogen) atoms. The molecule has 3 N–H and O–H groups in total. The maximum Gasteiger partial charge on any atom is 0.261 e. The lowest BCUT2D eigenvalue weighted by atomic mass is 10.1. The number of ether oxygens (including phenoxy) is 1. The molecule has 2 rings (SSSR count). The summed E-state index contributed by atoms with van der Waals surface area (Å²) in [7, 11) is -2.58. The summed E-state index contributed by atoms with van der Waals surface area (Å²) in [5, 5.41) is 12.6. The number of hydrogen-bond acceptors (Lipinski definition) is 4. The molecule has 0 aliphatic heterocycles. The fourth-order valence-corrected chi connectivity index (χ4v) is 9.24. The van der Waals surface area contributed by atoms with E-state index in [0.29, 0.717) is 26.2 Å². The van der Waals surface area contributed by atoms with E-state index in [0.717, 1.165) is 12.8 Å². The Hall–Kier alpha value is -1.50. The number of unbranched alkanes of at least 4 members (excludes halogenated alkanes) is 4. The van der Waals surface area contributed by atoms with E-state index in [1.165, 1.54) is 36.1 Å². The Balaban J connectivity index is 1.92. The van der Waals surface area contributed by atoms with Crippen LogP contribution in [0.25, 0.3) is 0 Å². The van der Waals surface area contributed by atoms with Gasteiger partial charge in [-0.1, -0.05) is 120 Å². The molecule has 0 unspecified atom stereocenters. The largest absolute Gasteiger partial charge is 0.406 e. The maximum atomic E-state index is 10.2. The summed E-state index contributed by atoms with van der Waals surface area (Å²) >= 11 is 0. The van der Waals surface area contributed by atoms with Crippen molar-refractivity contribution in [2.75, 3.05) is 19.8 Å². The highest BCUT2D eigenvalue weighted by atomic mass is 28.4. The number of aliphatic hydroxyl groups is 1. The van der Waals surface area contributed by atoms with Gasteiger partial charge in [0.25, 0.3) is 8.32 Å². The number of aliphatic hydroxyl groups excluding tert-OH is 1. The Labute approximate surface area is 209 Å². The second-order valence-corrected chi connectivity index (χ2v) is 14.8. The van der Waals surface area contributed by atoms with E-state index in [2.05, 4.69) is 88.4 Å². The molecule has 0 fully saturated rings. The Bertz CT molecular complexity index is 739. The monoisotopic (exact) mass is 485 g/mol. The van der Waals surface area contributed by atoms with Gasteiger partial charge < -0.3 is 20.0 Å². The van der Waals surface area contributed by atoms with Gasteiger partial charge >= 0.3 is 0 Å². The van der Waals surface area contributed by atoms with E-state index in [4.69, 9.17) is 14.9 Å². The van der Waals surface area contributed by atoms with E-state index in [-0.39, 0.29) is 17.2 Å². The minimum absolute atomic E-state index is 0.0719. The van der Waals surface area contributed by atoms with E-state index < -0.39 is 8.32 Å². The standard InChI is InChI=1S/C29H47NO3Si/c1-5-6-7-8-11-16-26(31)21-22-32-23-25(30)24-33-34(29(2,3)4,27-17-12-9-13-18-27)28-19-14-10-15-20-28/h9-10,12-15,17-20,25-26,31H,5-8,11,16,21-24,30H2,1-4H3/t25-,26-/m1/s1. The van der Waals surface area contributed by atoms with Crippen LogP contribution in [0, 0.1) is 0 Å². The molecule has 0 bridgehead atoms. The average molecular weight is 486 g/mol. The molecule has 0 heterocycles. The fourth-order valence-electron chi connectivity index (χ4n) is 4.62. The molecule has 190 valence electrons. The third-order valence-corrected chi connectivity index (χ3v) is 11.5. The second kappa shape index (κ2) is 14.8. The van der Waals surface area contributed by atoms with Crippen LogP contribution in [-0.4, -0.2) is 45.4 Å². The molecular weight excluding hydrogens is 438 g/mol. The molecule has 0 saturated heterocycles. The SMILES string of the molecule is CCCCCCC[C@@H](O)CCOC[C@@H](N)CO[Si](c1ccccc1)(c1ccccc1)C(C)(C)C. The first-order valence-corrected chi connectivity index (χ1v) is 15.0. The summed E-state index contributed by atoms with van der Waals surface area (Å²) in [5.41, 5.74) is 6.43. The molecule has 2 aromatic carbocycles. The highest BCUT2D eigenvalue weighted by Gasteiger charge is 2.50. The van der Waals surface area contributed by atoms with Crippen LogP contribution in [0.2, 0.25) is 5.04 Å². The van der Waals surface area contributed by atoms with Crippen LogP contribution in [-0.2, 0) is 9.16 Å². The van der Waals surface area contributed by atoms with E-state index in [1.807, 2.05) is 0 Å². The lowest BCUT2D eigenvalue weighted by Crippen LogP contribution is -2.67. The second-order valence-electron chi connectivity index (χ2n) is 10.5. The van der Waals surface area contributed by atoms with Gasteiger partial charge in [0.2, 0.25) is 0 Å². The van der Waals surface area contributed by atoms with Gasteiger partial charge in [0.15, 0.2) is 0 Å². The van der Waals surface area contributed by atoms with Gasteiger partial charge in [0, 0.05) is 6.61 Å². The van der Waals surface area contributed by atoms with Crippen LogP contribution in [0.1, 0.15) is 72.6 Å². The first-order valence-electron chi connectivity index (χ1n) is 13.1. The molecule has 0 aliphatic carbocycles. The van der Waals surface area contributed by atoms with Crippen molar-refractivity contribution in [2.24, 2.45) is 5.73 Å². The molecule has 0 radical (unpaired) electrons. The number of benzene rings is 2. The Kier molecular flexibility index (Phi) is 12.5. The van der Waals surface area contributed by atoms with Crippen LogP contribution in [0.3, 0.4) is 0 Å². The van der Waals surface area contributed by atoms with Gasteiger partial charge in [-0.25, -0.2) is 0 Å². The zero-order valence-electron chi connectivity index (χ0n) is 21.8. The van der Waals surface area contributed by atoms with Gasteiger partial charge in [0.05, 0.1) is 25.4 Å². The fraction of sp³-hybridized carbons (Fsp3) is 0.586. The van der Waals surface area contributed by atoms with Crippen molar-refractivity contribution in [2.45, 2.75) is 89.8 Å². The van der Waals surface area contributed by atoms with Crippen LogP contribution in [0.4, 0.5) is 0 Å². The minimum atomic E-state index is -2.58. The zero-order valence-corrected chi connectivity index (χ0v) is 22.8. The first-order chi connectivity index (χ1) is 16.3. The summed E-state index contributed by atoms with van der Waals surface area (Å²) in [4.78, 5) is 0. The average Bonchev–Trinajstić information content (AvgIpc) is 2.82. The van der Waals surface area contributed by atoms with Crippen LogP contribution in [0.15, 0.2) is 60.7 Å². The number of hydrogen-bond donors (Lipinski definition) is 2. The Morgan fingerprint density at radius 2 is 1.38 bits per heavy atom. The molecule has 0 spiro atoms. The van der Waals surface area contributed by atoms with E-state index >= 15 is 0 Å². The van der Waals surface area contributed by atoms with Crippen molar-refractivity contribution in [3.05, 3.63) is 60.7 Å². The van der Waals surface area contributed by atoms with Crippen molar-refractivity contribution < 1.29 is 14.3 Å². The highest BCUT2D eigenvalue weighted by molar-refractivity contribution is 6.99. The summed E-state index contributed by atoms with van der Waals surface area (Å²) in [6.07, 6.45) is 7.32. The van der Waals surface area contributed by atoms with E-state index in [1.54, 1.807) is 0 Å². The predicted molar refractivity (Wildman–Crippen MR) is 146 cm³/mol. The summed E-state index contributed by atoms with van der Waals surface area (Å²) < 4.78 is 12.7. The minimum Gasteiger partial charge on any atom is -0.406 e. The van der Waals surface area contributed by atoms with Crippen LogP contribution in [0.5, 0.6) is 0 Å². The summed E-state index contributed by atoms with van der Waals surface area (Å²) in [5.74, 6) is 0. The van der Waals surface area contributed by atoms with Crippen molar-refractivity contribution in [1.82, 2.24) is 0 Å². The normalized spacial score (nSPS) is 14.2. The Morgan fingerprint density at radius 3 is 1.91 bits per heavy atom. The molecular formula is C29H47NO3Si. The topological polar surface area (TPSA) is 64.7 Å². The quantitative estimate of drug-likeness (QED) is 0.259. The smallest absolute Gasteiger partial charge is 0.261 e. The zero-order chi connectivity index (χ0) is 24.9. The van der Waals surface area contributed by atoms with Crippen LogP contribution >= 0.6 is 0 Å².